The van der Waals surface area contributed by atoms with Gasteiger partial charge in [-0.15, -0.1) is 11.3 Å². The number of hydrogen-bond acceptors (Lipinski definition) is 2. The van der Waals surface area contributed by atoms with E-state index in [1.54, 1.807) is 11.3 Å². The molecule has 0 N–H and O–H groups in total. The molecular formula is C21H13NS. The molecule has 4 aromatic rings. The summed E-state index contributed by atoms with van der Waals surface area (Å²) < 4.78 is 0. The maximum Gasteiger partial charge on any atom is 0.122 e. The number of aromatic nitrogens is 1. The molecule has 0 atom stereocenters. The third-order valence-corrected chi connectivity index (χ3v) is 4.51. The van der Waals surface area contributed by atoms with Gasteiger partial charge in [-0.05, 0) is 41.0 Å². The summed E-state index contributed by atoms with van der Waals surface area (Å²) in [5, 5.41) is 4.33. The van der Waals surface area contributed by atoms with E-state index < -0.39 is 0 Å². The van der Waals surface area contributed by atoms with Gasteiger partial charge in [0.1, 0.15) is 5.69 Å². The van der Waals surface area contributed by atoms with Crippen LogP contribution in [0.1, 0.15) is 11.3 Å². The monoisotopic (exact) mass is 311 g/mol. The van der Waals surface area contributed by atoms with Crippen molar-refractivity contribution >= 4 is 22.1 Å². The van der Waals surface area contributed by atoms with Gasteiger partial charge in [-0.3, -0.25) is 0 Å². The Morgan fingerprint density at radius 1 is 0.783 bits per heavy atom. The molecule has 2 heteroatoms. The lowest BCUT2D eigenvalue weighted by atomic mass is 10.1. The van der Waals surface area contributed by atoms with Crippen molar-refractivity contribution < 1.29 is 0 Å². The number of benzene rings is 2. The van der Waals surface area contributed by atoms with Gasteiger partial charge >= 0.3 is 0 Å². The molecule has 0 radical (unpaired) electrons. The van der Waals surface area contributed by atoms with Crippen LogP contribution in [0.25, 0.3) is 21.3 Å². The van der Waals surface area contributed by atoms with Crippen molar-refractivity contribution in [2.24, 2.45) is 0 Å². The molecule has 0 saturated carbocycles. The molecule has 0 spiro atoms. The van der Waals surface area contributed by atoms with Crippen LogP contribution < -0.4 is 0 Å². The molecule has 0 amide bonds. The first-order valence-electron chi connectivity index (χ1n) is 7.41. The Morgan fingerprint density at radius 3 is 2.43 bits per heavy atom. The van der Waals surface area contributed by atoms with E-state index >= 15 is 0 Å². The maximum absolute atomic E-state index is 4.80. The number of nitrogens with zero attached hydrogens (tertiary/aromatic N) is 1. The van der Waals surface area contributed by atoms with Crippen LogP contribution in [0.3, 0.4) is 0 Å². The van der Waals surface area contributed by atoms with E-state index in [4.69, 9.17) is 4.98 Å². The molecule has 0 aliphatic heterocycles. The lowest BCUT2D eigenvalue weighted by Crippen LogP contribution is -1.89. The molecule has 2 aromatic carbocycles. The Kier molecular flexibility index (Phi) is 3.63. The first-order chi connectivity index (χ1) is 11.4. The van der Waals surface area contributed by atoms with E-state index in [2.05, 4.69) is 47.6 Å². The molecule has 0 aliphatic carbocycles. The average Bonchev–Trinajstić information content (AvgIpc) is 3.15. The van der Waals surface area contributed by atoms with Gasteiger partial charge in [0.15, 0.2) is 0 Å². The van der Waals surface area contributed by atoms with Crippen LogP contribution >= 0.6 is 11.3 Å². The van der Waals surface area contributed by atoms with Crippen molar-refractivity contribution in [2.75, 3.05) is 0 Å². The quantitative estimate of drug-likeness (QED) is 0.431. The number of pyridine rings is 1. The number of rotatable bonds is 1. The Balaban J connectivity index is 1.89. The van der Waals surface area contributed by atoms with Crippen LogP contribution in [-0.2, 0) is 0 Å². The largest absolute Gasteiger partial charge is 0.238 e. The minimum Gasteiger partial charge on any atom is -0.238 e. The Labute approximate surface area is 139 Å². The molecule has 108 valence electrons. The molecule has 1 nitrogen and oxygen atoms in total. The van der Waals surface area contributed by atoms with Crippen molar-refractivity contribution in [1.82, 2.24) is 4.98 Å². The second-order valence-electron chi connectivity index (χ2n) is 5.17. The first-order valence-corrected chi connectivity index (χ1v) is 8.29. The SMILES string of the molecule is C(#Cc1nc(-c2cccs2)cc2ccccc12)c1ccccc1. The highest BCUT2D eigenvalue weighted by atomic mass is 32.1. The average molecular weight is 311 g/mol. The normalized spacial score (nSPS) is 10.3. The van der Waals surface area contributed by atoms with Crippen LogP contribution in [0.2, 0.25) is 0 Å². The zero-order valence-corrected chi connectivity index (χ0v) is 13.2. The fourth-order valence-electron chi connectivity index (χ4n) is 2.50. The van der Waals surface area contributed by atoms with Crippen LogP contribution in [0.5, 0.6) is 0 Å². The highest BCUT2D eigenvalue weighted by molar-refractivity contribution is 7.13. The molecule has 0 unspecified atom stereocenters. The number of hydrogen-bond donors (Lipinski definition) is 0. The lowest BCUT2D eigenvalue weighted by molar-refractivity contribution is 1.33. The van der Waals surface area contributed by atoms with Gasteiger partial charge in [0.2, 0.25) is 0 Å². The summed E-state index contributed by atoms with van der Waals surface area (Å²) in [7, 11) is 0. The molecular weight excluding hydrogens is 298 g/mol. The van der Waals surface area contributed by atoms with Crippen molar-refractivity contribution in [3.8, 4) is 22.4 Å². The van der Waals surface area contributed by atoms with Crippen molar-refractivity contribution in [1.29, 1.82) is 0 Å². The van der Waals surface area contributed by atoms with E-state index in [1.807, 2.05) is 42.5 Å². The van der Waals surface area contributed by atoms with Crippen LogP contribution in [0.4, 0.5) is 0 Å². The smallest absolute Gasteiger partial charge is 0.122 e. The fraction of sp³-hybridized carbons (Fsp3) is 0. The Morgan fingerprint density at radius 2 is 1.61 bits per heavy atom. The van der Waals surface area contributed by atoms with Crippen molar-refractivity contribution in [3.05, 3.63) is 89.4 Å². The molecule has 2 heterocycles. The van der Waals surface area contributed by atoms with Gasteiger partial charge in [-0.1, -0.05) is 54.5 Å². The summed E-state index contributed by atoms with van der Waals surface area (Å²) in [6.07, 6.45) is 0. The van der Waals surface area contributed by atoms with E-state index in [0.29, 0.717) is 0 Å². The highest BCUT2D eigenvalue weighted by Crippen LogP contribution is 2.27. The van der Waals surface area contributed by atoms with Crippen molar-refractivity contribution in [2.45, 2.75) is 0 Å². The Bertz CT molecular complexity index is 1010. The molecule has 4 rings (SSSR count). The third kappa shape index (κ3) is 2.88. The maximum atomic E-state index is 4.80. The van der Waals surface area contributed by atoms with E-state index in [-0.39, 0.29) is 0 Å². The molecule has 0 bridgehead atoms. The van der Waals surface area contributed by atoms with E-state index in [9.17, 15) is 0 Å². The highest BCUT2D eigenvalue weighted by Gasteiger charge is 2.06. The van der Waals surface area contributed by atoms with Gasteiger partial charge in [-0.25, -0.2) is 4.98 Å². The molecule has 0 saturated heterocycles. The summed E-state index contributed by atoms with van der Waals surface area (Å²) in [6.45, 7) is 0. The summed E-state index contributed by atoms with van der Waals surface area (Å²) in [5.41, 5.74) is 2.81. The summed E-state index contributed by atoms with van der Waals surface area (Å²) in [5.74, 6) is 6.47. The van der Waals surface area contributed by atoms with Crippen molar-refractivity contribution in [3.63, 3.8) is 0 Å². The fourth-order valence-corrected chi connectivity index (χ4v) is 3.18. The standard InChI is InChI=1S/C21H13NS/c1-2-7-16(8-3-1)12-13-19-18-10-5-4-9-17(18)15-20(22-19)21-11-6-14-23-21/h1-11,14-15H. The lowest BCUT2D eigenvalue weighted by Gasteiger charge is -2.04. The zero-order valence-electron chi connectivity index (χ0n) is 12.4. The van der Waals surface area contributed by atoms with Gasteiger partial charge in [0, 0.05) is 10.9 Å². The summed E-state index contributed by atoms with van der Waals surface area (Å²) >= 11 is 1.70. The molecule has 23 heavy (non-hydrogen) atoms. The molecule has 2 aromatic heterocycles. The molecule has 0 aliphatic rings. The topological polar surface area (TPSA) is 12.9 Å². The van der Waals surface area contributed by atoms with E-state index in [0.717, 1.165) is 22.3 Å². The van der Waals surface area contributed by atoms with Gasteiger partial charge < -0.3 is 0 Å². The first kappa shape index (κ1) is 13.8. The predicted octanol–water partition coefficient (Wildman–Crippen LogP) is 5.36. The summed E-state index contributed by atoms with van der Waals surface area (Å²) in [6, 6.07) is 24.6. The second-order valence-corrected chi connectivity index (χ2v) is 6.12. The van der Waals surface area contributed by atoms with Crippen LogP contribution in [-0.4, -0.2) is 4.98 Å². The van der Waals surface area contributed by atoms with Crippen LogP contribution in [0.15, 0.2) is 78.2 Å². The number of thiophene rings is 1. The zero-order chi connectivity index (χ0) is 15.5. The second kappa shape index (κ2) is 6.08. The minimum absolute atomic E-state index is 0.829. The van der Waals surface area contributed by atoms with Gasteiger partial charge in [0.25, 0.3) is 0 Å². The molecule has 0 fully saturated rings. The minimum atomic E-state index is 0.829. The summed E-state index contributed by atoms with van der Waals surface area (Å²) in [4.78, 5) is 5.96. The number of fused-ring (bicyclic) bond motifs is 1. The third-order valence-electron chi connectivity index (χ3n) is 3.61. The van der Waals surface area contributed by atoms with Gasteiger partial charge in [-0.2, -0.15) is 0 Å². The van der Waals surface area contributed by atoms with E-state index in [1.165, 1.54) is 10.3 Å². The van der Waals surface area contributed by atoms with Crippen LogP contribution in [0, 0.1) is 11.8 Å². The van der Waals surface area contributed by atoms with Gasteiger partial charge in [0.05, 0.1) is 10.6 Å². The predicted molar refractivity (Wildman–Crippen MR) is 97.5 cm³/mol. The Hall–Kier alpha value is -2.89.